The van der Waals surface area contributed by atoms with Crippen molar-refractivity contribution in [3.63, 3.8) is 0 Å². The number of aromatic nitrogens is 1. The lowest BCUT2D eigenvalue weighted by atomic mass is 10.1. The second-order valence-corrected chi connectivity index (χ2v) is 6.32. The van der Waals surface area contributed by atoms with Crippen molar-refractivity contribution < 1.29 is 9.53 Å². The van der Waals surface area contributed by atoms with E-state index in [1.165, 1.54) is 16.8 Å². The molecule has 6 nitrogen and oxygen atoms in total. The number of rotatable bonds is 6. The van der Waals surface area contributed by atoms with Gasteiger partial charge in [-0.15, -0.1) is 0 Å². The SMILES string of the molecule is COc1cccc(/C=N\NC(=O)c2cccn(Cc3ccc(C)cc3)c2=O)c1. The zero-order valence-corrected chi connectivity index (χ0v) is 15.8. The number of nitrogens with zero attached hydrogens (tertiary/aromatic N) is 2. The summed E-state index contributed by atoms with van der Waals surface area (Å²) in [6, 6.07) is 18.3. The highest BCUT2D eigenvalue weighted by Crippen LogP contribution is 2.10. The molecule has 1 amide bonds. The molecule has 1 aromatic heterocycles. The fourth-order valence-corrected chi connectivity index (χ4v) is 2.67. The third-order valence-electron chi connectivity index (χ3n) is 4.21. The maximum Gasteiger partial charge on any atom is 0.276 e. The zero-order valence-electron chi connectivity index (χ0n) is 15.8. The van der Waals surface area contributed by atoms with Crippen molar-refractivity contribution in [2.75, 3.05) is 7.11 Å². The Balaban J connectivity index is 1.72. The minimum absolute atomic E-state index is 0.0393. The van der Waals surface area contributed by atoms with Crippen LogP contribution in [0.3, 0.4) is 0 Å². The molecule has 0 aliphatic rings. The summed E-state index contributed by atoms with van der Waals surface area (Å²) in [6.45, 7) is 2.40. The van der Waals surface area contributed by atoms with Gasteiger partial charge in [-0.25, -0.2) is 5.43 Å². The van der Waals surface area contributed by atoms with E-state index in [-0.39, 0.29) is 11.1 Å². The van der Waals surface area contributed by atoms with Gasteiger partial charge in [-0.3, -0.25) is 9.59 Å². The van der Waals surface area contributed by atoms with Crippen LogP contribution in [-0.4, -0.2) is 23.8 Å². The third-order valence-corrected chi connectivity index (χ3v) is 4.21. The molecule has 0 radical (unpaired) electrons. The summed E-state index contributed by atoms with van der Waals surface area (Å²) in [7, 11) is 1.58. The van der Waals surface area contributed by atoms with Crippen LogP contribution in [0.5, 0.6) is 5.75 Å². The smallest absolute Gasteiger partial charge is 0.276 e. The topological polar surface area (TPSA) is 72.7 Å². The molecule has 3 rings (SSSR count). The van der Waals surface area contributed by atoms with Gasteiger partial charge in [-0.05, 0) is 42.3 Å². The normalized spacial score (nSPS) is 10.8. The predicted octanol–water partition coefficient (Wildman–Crippen LogP) is 2.98. The fourth-order valence-electron chi connectivity index (χ4n) is 2.67. The summed E-state index contributed by atoms with van der Waals surface area (Å²) < 4.78 is 6.65. The molecule has 0 unspecified atom stereocenters. The van der Waals surface area contributed by atoms with E-state index in [9.17, 15) is 9.59 Å². The molecule has 0 atom stereocenters. The van der Waals surface area contributed by atoms with E-state index in [0.717, 1.165) is 16.7 Å². The molecule has 142 valence electrons. The van der Waals surface area contributed by atoms with Crippen LogP contribution in [0.4, 0.5) is 0 Å². The number of carbonyl (C=O) groups is 1. The van der Waals surface area contributed by atoms with Gasteiger partial charge in [-0.1, -0.05) is 42.0 Å². The molecular weight excluding hydrogens is 354 g/mol. The predicted molar refractivity (Wildman–Crippen MR) is 109 cm³/mol. The van der Waals surface area contributed by atoms with Crippen LogP contribution < -0.4 is 15.7 Å². The molecule has 3 aromatic rings. The first kappa shape index (κ1) is 19.1. The number of aryl methyl sites for hydroxylation is 1. The highest BCUT2D eigenvalue weighted by Gasteiger charge is 2.11. The summed E-state index contributed by atoms with van der Waals surface area (Å²) in [5, 5.41) is 3.93. The molecule has 28 heavy (non-hydrogen) atoms. The molecule has 0 aliphatic carbocycles. The second kappa shape index (κ2) is 8.81. The Labute approximate surface area is 163 Å². The lowest BCUT2D eigenvalue weighted by Gasteiger charge is -2.08. The lowest BCUT2D eigenvalue weighted by Crippen LogP contribution is -2.30. The second-order valence-electron chi connectivity index (χ2n) is 6.32. The molecule has 0 saturated carbocycles. The fraction of sp³-hybridized carbons (Fsp3) is 0.136. The largest absolute Gasteiger partial charge is 0.497 e. The molecule has 1 heterocycles. The molecule has 2 aromatic carbocycles. The minimum atomic E-state index is -0.553. The standard InChI is InChI=1S/C22H21N3O3/c1-16-8-10-17(11-9-16)15-25-12-4-7-20(22(25)27)21(26)24-23-14-18-5-3-6-19(13-18)28-2/h3-14H,15H2,1-2H3,(H,24,26)/b23-14-. The Hall–Kier alpha value is -3.67. The first-order valence-corrected chi connectivity index (χ1v) is 8.79. The van der Waals surface area contributed by atoms with Crippen LogP contribution in [0.15, 0.2) is 76.8 Å². The zero-order chi connectivity index (χ0) is 19.9. The summed E-state index contributed by atoms with van der Waals surface area (Å²) in [5.41, 5.74) is 4.98. The van der Waals surface area contributed by atoms with Gasteiger partial charge < -0.3 is 9.30 Å². The number of amides is 1. The molecule has 6 heteroatoms. The van der Waals surface area contributed by atoms with Crippen LogP contribution >= 0.6 is 0 Å². The van der Waals surface area contributed by atoms with Crippen LogP contribution in [0.25, 0.3) is 0 Å². The molecule has 1 N–H and O–H groups in total. The van der Waals surface area contributed by atoms with Crippen LogP contribution in [0.1, 0.15) is 27.0 Å². The van der Waals surface area contributed by atoms with Gasteiger partial charge in [0.25, 0.3) is 11.5 Å². The van der Waals surface area contributed by atoms with E-state index in [4.69, 9.17) is 4.74 Å². The first-order valence-electron chi connectivity index (χ1n) is 8.79. The van der Waals surface area contributed by atoms with Gasteiger partial charge in [0.15, 0.2) is 0 Å². The summed E-state index contributed by atoms with van der Waals surface area (Å²) >= 11 is 0. The lowest BCUT2D eigenvalue weighted by molar-refractivity contribution is 0.0953. The van der Waals surface area contributed by atoms with E-state index >= 15 is 0 Å². The van der Waals surface area contributed by atoms with E-state index in [1.54, 1.807) is 25.4 Å². The summed E-state index contributed by atoms with van der Waals surface area (Å²) in [6.07, 6.45) is 3.16. The van der Waals surface area contributed by atoms with Gasteiger partial charge in [0.05, 0.1) is 19.9 Å². The number of benzene rings is 2. The van der Waals surface area contributed by atoms with Gasteiger partial charge in [0.2, 0.25) is 0 Å². The molecule has 0 aliphatic heterocycles. The Morgan fingerprint density at radius 1 is 1.14 bits per heavy atom. The average molecular weight is 375 g/mol. The average Bonchev–Trinajstić information content (AvgIpc) is 2.71. The van der Waals surface area contributed by atoms with Crippen molar-refractivity contribution in [1.82, 2.24) is 9.99 Å². The van der Waals surface area contributed by atoms with Crippen molar-refractivity contribution in [3.8, 4) is 5.75 Å². The maximum absolute atomic E-state index is 12.6. The van der Waals surface area contributed by atoms with Crippen LogP contribution in [0, 0.1) is 6.92 Å². The van der Waals surface area contributed by atoms with Gasteiger partial charge in [0.1, 0.15) is 11.3 Å². The Morgan fingerprint density at radius 3 is 2.68 bits per heavy atom. The number of hydrogen-bond acceptors (Lipinski definition) is 4. The van der Waals surface area contributed by atoms with E-state index in [2.05, 4.69) is 10.5 Å². The molecule has 0 bridgehead atoms. The highest BCUT2D eigenvalue weighted by molar-refractivity contribution is 5.94. The molecule has 0 fully saturated rings. The van der Waals surface area contributed by atoms with Crippen molar-refractivity contribution in [2.45, 2.75) is 13.5 Å². The number of methoxy groups -OCH3 is 1. The molecular formula is C22H21N3O3. The van der Waals surface area contributed by atoms with E-state index in [1.807, 2.05) is 49.4 Å². The van der Waals surface area contributed by atoms with Crippen molar-refractivity contribution in [3.05, 3.63) is 99.5 Å². The molecule has 0 spiro atoms. The van der Waals surface area contributed by atoms with Crippen molar-refractivity contribution in [2.24, 2.45) is 5.10 Å². The number of pyridine rings is 1. The van der Waals surface area contributed by atoms with Gasteiger partial charge in [0, 0.05) is 6.20 Å². The van der Waals surface area contributed by atoms with E-state index in [0.29, 0.717) is 12.3 Å². The highest BCUT2D eigenvalue weighted by atomic mass is 16.5. The summed E-state index contributed by atoms with van der Waals surface area (Å²) in [4.78, 5) is 25.0. The van der Waals surface area contributed by atoms with Gasteiger partial charge in [-0.2, -0.15) is 5.10 Å². The van der Waals surface area contributed by atoms with Crippen LogP contribution in [-0.2, 0) is 6.54 Å². The number of hydrogen-bond donors (Lipinski definition) is 1. The molecule has 0 saturated heterocycles. The number of ether oxygens (including phenoxy) is 1. The quantitative estimate of drug-likeness (QED) is 0.532. The number of carbonyl (C=O) groups excluding carboxylic acids is 1. The van der Waals surface area contributed by atoms with Crippen molar-refractivity contribution >= 4 is 12.1 Å². The Bertz CT molecular complexity index is 1050. The Kier molecular flexibility index (Phi) is 6.01. The first-order chi connectivity index (χ1) is 13.6. The maximum atomic E-state index is 12.6. The number of nitrogens with one attached hydrogen (secondary N) is 1. The van der Waals surface area contributed by atoms with Crippen molar-refractivity contribution in [1.29, 1.82) is 0 Å². The third kappa shape index (κ3) is 4.73. The Morgan fingerprint density at radius 2 is 1.93 bits per heavy atom. The van der Waals surface area contributed by atoms with Crippen LogP contribution in [0.2, 0.25) is 0 Å². The monoisotopic (exact) mass is 375 g/mol. The van der Waals surface area contributed by atoms with E-state index < -0.39 is 5.91 Å². The minimum Gasteiger partial charge on any atom is -0.497 e. The summed E-state index contributed by atoms with van der Waals surface area (Å²) in [5.74, 6) is 0.139. The number of hydrazone groups is 1. The van der Waals surface area contributed by atoms with Gasteiger partial charge >= 0.3 is 0 Å².